The van der Waals surface area contributed by atoms with Crippen LogP contribution in [0.3, 0.4) is 0 Å². The van der Waals surface area contributed by atoms with E-state index in [4.69, 9.17) is 11.6 Å². The van der Waals surface area contributed by atoms with Crippen LogP contribution in [0.4, 0.5) is 0 Å². The highest BCUT2D eigenvalue weighted by Crippen LogP contribution is 2.28. The molecular weight excluding hydrogens is 390 g/mol. The second-order valence-electron chi connectivity index (χ2n) is 5.74. The van der Waals surface area contributed by atoms with E-state index in [0.29, 0.717) is 16.4 Å². The van der Waals surface area contributed by atoms with Gasteiger partial charge in [-0.1, -0.05) is 41.4 Å². The molecular formula is C19H16ClNO3S2. The number of rotatable bonds is 5. The molecule has 0 bridgehead atoms. The molecule has 0 radical (unpaired) electrons. The fraction of sp³-hybridized carbons (Fsp3) is 0.105. The summed E-state index contributed by atoms with van der Waals surface area (Å²) >= 11 is 6.75. The number of nitrogens with one attached hydrogen (secondary N) is 1. The quantitative estimate of drug-likeness (QED) is 0.681. The van der Waals surface area contributed by atoms with Gasteiger partial charge in [-0.2, -0.15) is 0 Å². The van der Waals surface area contributed by atoms with Gasteiger partial charge in [0, 0.05) is 11.6 Å². The molecule has 7 heteroatoms. The highest BCUT2D eigenvalue weighted by atomic mass is 35.5. The standard InChI is InChI=1S/C19H16ClNO3S2/c1-13-2-4-14(5-3-13)12-21-19(22)17-10-11-18(25-17)26(23,24)16-8-6-15(20)7-9-16/h2-11H,12H2,1H3,(H,21,22). The number of carbonyl (C=O) groups is 1. The zero-order valence-electron chi connectivity index (χ0n) is 13.9. The monoisotopic (exact) mass is 405 g/mol. The lowest BCUT2D eigenvalue weighted by Gasteiger charge is -2.04. The third kappa shape index (κ3) is 4.15. The van der Waals surface area contributed by atoms with Crippen LogP contribution in [0, 0.1) is 6.92 Å². The van der Waals surface area contributed by atoms with Gasteiger partial charge in [0.05, 0.1) is 9.77 Å². The van der Waals surface area contributed by atoms with Gasteiger partial charge in [0.2, 0.25) is 9.84 Å². The van der Waals surface area contributed by atoms with Gasteiger partial charge in [-0.3, -0.25) is 4.79 Å². The second kappa shape index (κ2) is 7.61. The summed E-state index contributed by atoms with van der Waals surface area (Å²) in [7, 11) is -3.66. The van der Waals surface area contributed by atoms with Gasteiger partial charge in [-0.05, 0) is 48.9 Å². The summed E-state index contributed by atoms with van der Waals surface area (Å²) in [6, 6.07) is 16.8. The predicted molar refractivity (Wildman–Crippen MR) is 104 cm³/mol. The Morgan fingerprint density at radius 1 is 1.00 bits per heavy atom. The first-order valence-corrected chi connectivity index (χ1v) is 10.5. The third-order valence-electron chi connectivity index (χ3n) is 3.77. The molecule has 0 aliphatic rings. The van der Waals surface area contributed by atoms with Crippen molar-refractivity contribution in [2.75, 3.05) is 0 Å². The highest BCUT2D eigenvalue weighted by Gasteiger charge is 2.21. The van der Waals surface area contributed by atoms with Crippen LogP contribution in [-0.2, 0) is 16.4 Å². The molecule has 0 atom stereocenters. The summed E-state index contributed by atoms with van der Waals surface area (Å²) < 4.78 is 25.4. The molecule has 26 heavy (non-hydrogen) atoms. The molecule has 0 aliphatic carbocycles. The smallest absolute Gasteiger partial charge is 0.261 e. The first kappa shape index (κ1) is 18.6. The molecule has 2 aromatic carbocycles. The molecule has 0 unspecified atom stereocenters. The van der Waals surface area contributed by atoms with Gasteiger partial charge in [0.15, 0.2) is 0 Å². The van der Waals surface area contributed by atoms with E-state index in [2.05, 4.69) is 5.32 Å². The van der Waals surface area contributed by atoms with Gasteiger partial charge in [0.1, 0.15) is 4.21 Å². The first-order chi connectivity index (χ1) is 12.4. The number of sulfone groups is 1. The van der Waals surface area contributed by atoms with Crippen molar-refractivity contribution >= 4 is 38.7 Å². The lowest BCUT2D eigenvalue weighted by molar-refractivity contribution is 0.0955. The summed E-state index contributed by atoms with van der Waals surface area (Å²) in [5, 5.41) is 3.27. The Morgan fingerprint density at radius 3 is 2.31 bits per heavy atom. The fourth-order valence-corrected chi connectivity index (χ4v) is 5.04. The molecule has 0 fully saturated rings. The Kier molecular flexibility index (Phi) is 5.46. The molecule has 3 rings (SSSR count). The zero-order chi connectivity index (χ0) is 18.7. The van der Waals surface area contributed by atoms with E-state index in [-0.39, 0.29) is 15.0 Å². The number of thiophene rings is 1. The Labute approximate surface area is 161 Å². The maximum absolute atomic E-state index is 12.6. The molecule has 1 aromatic heterocycles. The third-order valence-corrected chi connectivity index (χ3v) is 7.37. The summed E-state index contributed by atoms with van der Waals surface area (Å²) in [5.74, 6) is -0.298. The zero-order valence-corrected chi connectivity index (χ0v) is 16.3. The number of halogens is 1. The van der Waals surface area contributed by atoms with E-state index in [9.17, 15) is 13.2 Å². The molecule has 1 amide bonds. The minimum absolute atomic E-state index is 0.125. The Bertz CT molecular complexity index is 1020. The van der Waals surface area contributed by atoms with Crippen molar-refractivity contribution in [1.82, 2.24) is 5.32 Å². The van der Waals surface area contributed by atoms with Gasteiger partial charge in [0.25, 0.3) is 5.91 Å². The highest BCUT2D eigenvalue weighted by molar-refractivity contribution is 7.93. The summed E-state index contributed by atoms with van der Waals surface area (Å²) in [5.41, 5.74) is 2.13. The van der Waals surface area contributed by atoms with Crippen LogP contribution in [0.15, 0.2) is 69.8 Å². The number of hydrogen-bond acceptors (Lipinski definition) is 4. The Hall–Kier alpha value is -2.15. The summed E-state index contributed by atoms with van der Waals surface area (Å²) in [6.07, 6.45) is 0. The second-order valence-corrected chi connectivity index (χ2v) is 9.44. The maximum Gasteiger partial charge on any atom is 0.261 e. The predicted octanol–water partition coefficient (Wildman–Crippen LogP) is 4.47. The first-order valence-electron chi connectivity index (χ1n) is 7.80. The molecule has 0 spiro atoms. The SMILES string of the molecule is Cc1ccc(CNC(=O)c2ccc(S(=O)(=O)c3ccc(Cl)cc3)s2)cc1. The van der Waals surface area contributed by atoms with Crippen molar-refractivity contribution in [3.05, 3.63) is 81.7 Å². The minimum Gasteiger partial charge on any atom is -0.347 e. The maximum atomic E-state index is 12.6. The molecule has 3 aromatic rings. The number of amides is 1. The topological polar surface area (TPSA) is 63.2 Å². The van der Waals surface area contributed by atoms with Crippen molar-refractivity contribution in [2.45, 2.75) is 22.6 Å². The van der Waals surface area contributed by atoms with E-state index < -0.39 is 9.84 Å². The van der Waals surface area contributed by atoms with Gasteiger partial charge >= 0.3 is 0 Å². The Balaban J connectivity index is 1.73. The van der Waals surface area contributed by atoms with E-state index >= 15 is 0 Å². The summed E-state index contributed by atoms with van der Waals surface area (Å²) in [4.78, 5) is 12.8. The minimum atomic E-state index is -3.66. The molecule has 4 nitrogen and oxygen atoms in total. The van der Waals surface area contributed by atoms with Crippen molar-refractivity contribution in [3.63, 3.8) is 0 Å². The lowest BCUT2D eigenvalue weighted by Crippen LogP contribution is -2.21. The van der Waals surface area contributed by atoms with Crippen molar-refractivity contribution in [1.29, 1.82) is 0 Å². The molecule has 134 valence electrons. The molecule has 0 aliphatic heterocycles. The molecule has 0 saturated carbocycles. The number of hydrogen-bond donors (Lipinski definition) is 1. The van der Waals surface area contributed by atoms with Crippen LogP contribution < -0.4 is 5.32 Å². The van der Waals surface area contributed by atoms with Crippen LogP contribution in [0.1, 0.15) is 20.8 Å². The van der Waals surface area contributed by atoms with Crippen LogP contribution in [0.25, 0.3) is 0 Å². The number of benzene rings is 2. The van der Waals surface area contributed by atoms with Crippen molar-refractivity contribution in [3.8, 4) is 0 Å². The number of aryl methyl sites for hydroxylation is 1. The van der Waals surface area contributed by atoms with Crippen LogP contribution >= 0.6 is 22.9 Å². The largest absolute Gasteiger partial charge is 0.347 e. The van der Waals surface area contributed by atoms with E-state index in [1.165, 1.54) is 36.4 Å². The molecule has 1 heterocycles. The van der Waals surface area contributed by atoms with Crippen LogP contribution in [0.2, 0.25) is 5.02 Å². The summed E-state index contributed by atoms with van der Waals surface area (Å²) in [6.45, 7) is 2.38. The van der Waals surface area contributed by atoms with Crippen LogP contribution in [-0.4, -0.2) is 14.3 Å². The number of carbonyl (C=O) groups excluding carboxylic acids is 1. The van der Waals surface area contributed by atoms with Gasteiger partial charge in [-0.25, -0.2) is 8.42 Å². The normalized spacial score (nSPS) is 11.3. The van der Waals surface area contributed by atoms with Gasteiger partial charge < -0.3 is 5.32 Å². The van der Waals surface area contributed by atoms with Crippen LogP contribution in [0.5, 0.6) is 0 Å². The molecule has 1 N–H and O–H groups in total. The average Bonchev–Trinajstić information content (AvgIpc) is 3.12. The van der Waals surface area contributed by atoms with E-state index in [1.54, 1.807) is 0 Å². The van der Waals surface area contributed by atoms with Crippen molar-refractivity contribution in [2.24, 2.45) is 0 Å². The van der Waals surface area contributed by atoms with E-state index in [1.807, 2.05) is 31.2 Å². The van der Waals surface area contributed by atoms with Crippen molar-refractivity contribution < 1.29 is 13.2 Å². The average molecular weight is 406 g/mol. The lowest BCUT2D eigenvalue weighted by atomic mass is 10.1. The Morgan fingerprint density at radius 2 is 1.65 bits per heavy atom. The van der Waals surface area contributed by atoms with Gasteiger partial charge in [-0.15, -0.1) is 11.3 Å². The molecule has 0 saturated heterocycles. The fourth-order valence-electron chi connectivity index (χ4n) is 2.29. The van der Waals surface area contributed by atoms with E-state index in [0.717, 1.165) is 22.5 Å².